The molecule has 22 nitrogen and oxygen atoms in total. The van der Waals surface area contributed by atoms with Crippen molar-refractivity contribution in [3.63, 3.8) is 0 Å². The van der Waals surface area contributed by atoms with Crippen LogP contribution in [0.25, 0.3) is 0 Å². The number of furan rings is 2. The monoisotopic (exact) mass is 856 g/mol. The van der Waals surface area contributed by atoms with E-state index in [1.807, 2.05) is 0 Å². The number of hydrogen-bond donors (Lipinski definition) is 8. The second-order valence-electron chi connectivity index (χ2n) is 8.91. The average Bonchev–Trinajstić information content (AvgIpc) is 3.75. The second kappa shape index (κ2) is 22.9. The van der Waals surface area contributed by atoms with Crippen LogP contribution in [0.5, 0.6) is 0 Å². The van der Waals surface area contributed by atoms with Gasteiger partial charge in [-0.3, -0.25) is 4.55 Å². The summed E-state index contributed by atoms with van der Waals surface area (Å²) in [6.45, 7) is 3.33. The molecule has 2 unspecified atom stereocenters. The van der Waals surface area contributed by atoms with Crippen LogP contribution in [0.4, 0.5) is 0 Å². The van der Waals surface area contributed by atoms with Gasteiger partial charge in [-0.2, -0.15) is 9.81 Å². The number of nitrogens with one attached hydrogen (secondary N) is 4. The molecule has 0 saturated carbocycles. The standard InChI is InChI=1S/C7H9NO5S2.C7H8O4S2.C5H7NO4S.C5H6O3S.2HNO/c1-14(10,11)6-3-2-4-7(5-6)15(12,13)8-9;1-13(10,11)7-4-2-3-6(5-7)12(8)9;1-4-2-3-5(10-4)11(8,9)6-7;1-4-2-3-5(8-4)9(6)7;2*1-2/h2-5,8-9H,1H3;2-5H,1H3,(H,8,9);2-3,6-7H,1H3;2-3H,1H3,(H,6,7);2*1H. The van der Waals surface area contributed by atoms with Gasteiger partial charge in [-0.15, -0.1) is 0 Å². The minimum atomic E-state index is -4.04. The number of nitroso groups, excluding NO2 is 2. The highest BCUT2D eigenvalue weighted by Gasteiger charge is 2.17. The van der Waals surface area contributed by atoms with Gasteiger partial charge in [-0.05, 0) is 74.5 Å². The number of rotatable bonds is 8. The molecule has 2 aromatic carbocycles. The zero-order chi connectivity index (χ0) is 41.1. The van der Waals surface area contributed by atoms with Crippen molar-refractivity contribution in [1.82, 2.24) is 9.77 Å². The first-order valence-corrected chi connectivity index (χ1v) is 21.6. The molecule has 0 radical (unpaired) electrons. The van der Waals surface area contributed by atoms with Crippen molar-refractivity contribution in [2.45, 2.75) is 43.6 Å². The van der Waals surface area contributed by atoms with Gasteiger partial charge in [0.2, 0.25) is 21.3 Å². The van der Waals surface area contributed by atoms with Crippen LogP contribution in [0.3, 0.4) is 0 Å². The molecule has 0 aliphatic carbocycles. The van der Waals surface area contributed by atoms with Crippen LogP contribution in [-0.2, 0) is 61.9 Å². The molecule has 4 rings (SSSR count). The molecular weight excluding hydrogens is 825 g/mol. The zero-order valence-electron chi connectivity index (χ0n) is 26.9. The molecule has 2 aromatic heterocycles. The van der Waals surface area contributed by atoms with Crippen molar-refractivity contribution in [3.05, 3.63) is 94.1 Å². The lowest BCUT2D eigenvalue weighted by Crippen LogP contribution is -2.19. The summed E-state index contributed by atoms with van der Waals surface area (Å²) in [5.41, 5.74) is 9.00. The third kappa shape index (κ3) is 18.0. The predicted molar refractivity (Wildman–Crippen MR) is 180 cm³/mol. The molecule has 8 N–H and O–H groups in total. The molecule has 0 amide bonds. The Kier molecular flexibility index (Phi) is 22.1. The predicted octanol–water partition coefficient (Wildman–Crippen LogP) is 2.52. The lowest BCUT2D eigenvalue weighted by Gasteiger charge is -2.03. The van der Waals surface area contributed by atoms with Gasteiger partial charge in [0.05, 0.1) is 19.6 Å². The van der Waals surface area contributed by atoms with Crippen molar-refractivity contribution >= 4 is 61.9 Å². The Bertz CT molecular complexity index is 2220. The summed E-state index contributed by atoms with van der Waals surface area (Å²) in [6, 6.07) is 15.9. The van der Waals surface area contributed by atoms with Crippen LogP contribution >= 0.6 is 0 Å². The lowest BCUT2D eigenvalue weighted by molar-refractivity contribution is 0.238. The number of aryl methyl sites for hydroxylation is 2. The normalized spacial score (nSPS) is 12.2. The van der Waals surface area contributed by atoms with E-state index in [0.29, 0.717) is 11.5 Å². The summed E-state index contributed by atoms with van der Waals surface area (Å²) in [4.78, 5) is 17.0. The van der Waals surface area contributed by atoms with Gasteiger partial charge in [0.25, 0.3) is 20.0 Å². The number of benzene rings is 2. The van der Waals surface area contributed by atoms with E-state index >= 15 is 0 Å². The van der Waals surface area contributed by atoms with E-state index in [0.717, 1.165) is 28.3 Å². The molecule has 52 heavy (non-hydrogen) atoms. The minimum Gasteiger partial charge on any atom is -0.450 e. The molecule has 4 aromatic rings. The van der Waals surface area contributed by atoms with Crippen LogP contribution in [-0.4, -0.2) is 74.1 Å². The van der Waals surface area contributed by atoms with Crippen molar-refractivity contribution in [1.29, 1.82) is 11.2 Å². The van der Waals surface area contributed by atoms with Crippen LogP contribution in [0.15, 0.2) is 111 Å². The van der Waals surface area contributed by atoms with Crippen LogP contribution in [0, 0.1) is 34.8 Å². The molecule has 0 aliphatic heterocycles. The van der Waals surface area contributed by atoms with E-state index in [2.05, 4.69) is 11.2 Å². The van der Waals surface area contributed by atoms with E-state index in [9.17, 15) is 42.1 Å². The molecule has 0 aliphatic rings. The van der Waals surface area contributed by atoms with Gasteiger partial charge in [-0.25, -0.2) is 42.1 Å². The largest absolute Gasteiger partial charge is 0.450 e. The highest BCUT2D eigenvalue weighted by atomic mass is 32.2. The van der Waals surface area contributed by atoms with Crippen LogP contribution < -0.4 is 9.77 Å². The molecule has 28 heteroatoms. The Hall–Kier alpha value is -3.94. The Labute approximate surface area is 302 Å². The molecule has 0 saturated heterocycles. The maximum atomic E-state index is 11.1. The van der Waals surface area contributed by atoms with Crippen LogP contribution in [0.1, 0.15) is 11.5 Å². The molecule has 2 atom stereocenters. The van der Waals surface area contributed by atoms with Gasteiger partial charge in [0.1, 0.15) is 11.5 Å². The smallest absolute Gasteiger partial charge is 0.295 e. The molecule has 0 fully saturated rings. The topological polar surface area (TPSA) is 384 Å². The molecule has 0 spiro atoms. The SMILES string of the molecule is CS(=O)(=O)c1cccc(S(=O)(=O)NO)c1.CS(=O)(=O)c1cccc(S(=O)O)c1.Cc1ccc(S(=O)(=O)NO)o1.Cc1ccc(S(=O)O)o1.N=O.N=O. The minimum absolute atomic E-state index is 0.0485. The molecule has 2 heterocycles. The maximum Gasteiger partial charge on any atom is 0.295 e. The van der Waals surface area contributed by atoms with E-state index < -0.39 is 61.9 Å². The number of sulfone groups is 2. The van der Waals surface area contributed by atoms with Crippen molar-refractivity contribution in [3.8, 4) is 0 Å². The maximum absolute atomic E-state index is 11.1. The summed E-state index contributed by atoms with van der Waals surface area (Å²) in [5.74, 6) is 1.12. The Morgan fingerprint density at radius 2 is 1.00 bits per heavy atom. The third-order valence-electron chi connectivity index (χ3n) is 5.09. The summed E-state index contributed by atoms with van der Waals surface area (Å²) in [6.07, 6.45) is 2.01. The highest BCUT2D eigenvalue weighted by Crippen LogP contribution is 2.16. The molecule has 292 valence electrons. The third-order valence-corrected chi connectivity index (χ3v) is 10.6. The average molecular weight is 857 g/mol. The highest BCUT2D eigenvalue weighted by molar-refractivity contribution is 7.91. The van der Waals surface area contributed by atoms with E-state index in [1.165, 1.54) is 60.7 Å². The first kappa shape index (κ1) is 50.2. The van der Waals surface area contributed by atoms with E-state index in [-0.39, 0.29) is 29.8 Å². The fraction of sp³-hybridized carbons (Fsp3) is 0.167. The molecule has 0 bridgehead atoms. The zero-order valence-corrected chi connectivity index (χ0v) is 31.8. The fourth-order valence-electron chi connectivity index (χ4n) is 2.85. The first-order valence-electron chi connectivity index (χ1n) is 12.6. The Morgan fingerprint density at radius 1 is 0.577 bits per heavy atom. The quantitative estimate of drug-likeness (QED) is 0.0716. The second-order valence-corrected chi connectivity index (χ2v) is 18.1. The van der Waals surface area contributed by atoms with E-state index in [1.54, 1.807) is 19.9 Å². The van der Waals surface area contributed by atoms with Gasteiger partial charge in [-0.1, -0.05) is 33.1 Å². The number of hydrogen-bond acceptors (Lipinski definition) is 18. The van der Waals surface area contributed by atoms with Gasteiger partial charge >= 0.3 is 0 Å². The fourth-order valence-corrected chi connectivity index (χ4v) is 6.36. The lowest BCUT2D eigenvalue weighted by atomic mass is 10.4. The van der Waals surface area contributed by atoms with Crippen molar-refractivity contribution < 1.29 is 70.4 Å². The summed E-state index contributed by atoms with van der Waals surface area (Å²) < 4.78 is 136. The molecular formula is C24H32N4O18S6. The van der Waals surface area contributed by atoms with Crippen molar-refractivity contribution in [2.75, 3.05) is 12.5 Å². The van der Waals surface area contributed by atoms with Gasteiger partial charge in [0, 0.05) is 12.5 Å². The van der Waals surface area contributed by atoms with Gasteiger partial charge < -0.3 is 23.8 Å². The summed E-state index contributed by atoms with van der Waals surface area (Å²) in [7, 11) is -14.7. The first-order chi connectivity index (χ1) is 23.9. The van der Waals surface area contributed by atoms with Crippen LogP contribution in [0.2, 0.25) is 0 Å². The Morgan fingerprint density at radius 3 is 1.35 bits per heavy atom. The summed E-state index contributed by atoms with van der Waals surface area (Å²) >= 11 is -4.11. The summed E-state index contributed by atoms with van der Waals surface area (Å²) in [5, 5.41) is 16.3. The Balaban J connectivity index is 0. The van der Waals surface area contributed by atoms with Crippen molar-refractivity contribution in [2.24, 2.45) is 0 Å². The van der Waals surface area contributed by atoms with E-state index in [4.69, 9.17) is 38.2 Å². The van der Waals surface area contributed by atoms with Gasteiger partial charge in [0.15, 0.2) is 30.8 Å². The number of sulfonamides is 2.